The molecule has 35 heavy (non-hydrogen) atoms. The van der Waals surface area contributed by atoms with Crippen molar-refractivity contribution in [1.29, 1.82) is 0 Å². The van der Waals surface area contributed by atoms with Crippen molar-refractivity contribution in [2.45, 2.75) is 49.2 Å². The summed E-state index contributed by atoms with van der Waals surface area (Å²) in [5, 5.41) is 8.46. The van der Waals surface area contributed by atoms with Gasteiger partial charge < -0.3 is 0 Å². The van der Waals surface area contributed by atoms with E-state index in [1.54, 1.807) is 34.6 Å². The summed E-state index contributed by atoms with van der Waals surface area (Å²) in [6.45, 7) is 4.77. The van der Waals surface area contributed by atoms with E-state index >= 15 is 0 Å². The summed E-state index contributed by atoms with van der Waals surface area (Å²) in [7, 11) is -7.15. The number of rotatable bonds is 6. The van der Waals surface area contributed by atoms with E-state index in [9.17, 15) is 16.8 Å². The van der Waals surface area contributed by atoms with E-state index in [-0.39, 0.29) is 27.6 Å². The summed E-state index contributed by atoms with van der Waals surface area (Å²) in [4.78, 5) is 4.57. The van der Waals surface area contributed by atoms with Gasteiger partial charge in [0.25, 0.3) is 10.0 Å². The molecular weight excluding hydrogens is 488 g/mol. The van der Waals surface area contributed by atoms with Gasteiger partial charge in [-0.2, -0.15) is 0 Å². The number of hydrogen-bond acceptors (Lipinski definition) is 7. The van der Waals surface area contributed by atoms with E-state index in [0.29, 0.717) is 30.1 Å². The van der Waals surface area contributed by atoms with Gasteiger partial charge in [0.05, 0.1) is 21.9 Å². The fraction of sp³-hybridized carbons (Fsp3) is 0.435. The maximum atomic E-state index is 13.4. The van der Waals surface area contributed by atoms with Gasteiger partial charge >= 0.3 is 0 Å². The van der Waals surface area contributed by atoms with Gasteiger partial charge in [0.2, 0.25) is 10.0 Å². The number of sulfonamides is 1. The molecule has 1 aliphatic carbocycles. The maximum Gasteiger partial charge on any atom is 0.269 e. The molecule has 0 amide bonds. The molecule has 2 aliphatic rings. The second kappa shape index (κ2) is 7.84. The van der Waals surface area contributed by atoms with Crippen molar-refractivity contribution in [2.24, 2.45) is 5.92 Å². The molecule has 0 bridgehead atoms. The van der Waals surface area contributed by atoms with Crippen LogP contribution < -0.4 is 0 Å². The molecule has 3 aromatic heterocycles. The van der Waals surface area contributed by atoms with Crippen molar-refractivity contribution in [1.82, 2.24) is 27.9 Å². The van der Waals surface area contributed by atoms with Crippen molar-refractivity contribution >= 4 is 36.9 Å². The predicted octanol–water partition coefficient (Wildman–Crippen LogP) is 2.54. The van der Waals surface area contributed by atoms with Crippen LogP contribution in [0, 0.1) is 12.8 Å². The molecule has 6 rings (SSSR count). The van der Waals surface area contributed by atoms with Gasteiger partial charge in [0.15, 0.2) is 11.3 Å². The normalized spacial score (nSPS) is 21.9. The van der Waals surface area contributed by atoms with Crippen LogP contribution >= 0.6 is 0 Å². The Labute approximate surface area is 203 Å². The second-order valence-corrected chi connectivity index (χ2v) is 13.5. The highest BCUT2D eigenvalue weighted by atomic mass is 32.2. The Hall–Kier alpha value is -2.83. The molecule has 0 unspecified atom stereocenters. The van der Waals surface area contributed by atoms with Gasteiger partial charge in [-0.05, 0) is 43.9 Å². The van der Waals surface area contributed by atoms with Crippen LogP contribution in [0.25, 0.3) is 16.8 Å². The Balaban J connectivity index is 1.46. The number of aromatic nitrogens is 5. The molecule has 2 fully saturated rings. The molecular formula is C23H26N6O4S2. The van der Waals surface area contributed by atoms with Gasteiger partial charge in [-0.3, -0.25) is 4.40 Å². The van der Waals surface area contributed by atoms with E-state index in [2.05, 4.69) is 22.1 Å². The summed E-state index contributed by atoms with van der Waals surface area (Å²) in [5.74, 6) is 0.585. The summed E-state index contributed by atoms with van der Waals surface area (Å²) in [6.07, 6.45) is 5.25. The van der Waals surface area contributed by atoms with Crippen LogP contribution in [0.4, 0.5) is 0 Å². The Morgan fingerprint density at radius 3 is 2.43 bits per heavy atom. The van der Waals surface area contributed by atoms with Crippen LogP contribution in [0.5, 0.6) is 0 Å². The Kier molecular flexibility index (Phi) is 5.07. The lowest BCUT2D eigenvalue weighted by atomic mass is 9.93. The molecule has 4 aromatic rings. The van der Waals surface area contributed by atoms with Crippen molar-refractivity contribution in [3.8, 4) is 0 Å². The van der Waals surface area contributed by atoms with Crippen molar-refractivity contribution in [2.75, 3.05) is 13.1 Å². The molecule has 10 nitrogen and oxygen atoms in total. The van der Waals surface area contributed by atoms with Gasteiger partial charge in [-0.25, -0.2) is 30.1 Å². The first-order valence-electron chi connectivity index (χ1n) is 11.7. The van der Waals surface area contributed by atoms with Gasteiger partial charge in [0.1, 0.15) is 5.82 Å². The fourth-order valence-corrected chi connectivity index (χ4v) is 8.25. The van der Waals surface area contributed by atoms with Crippen LogP contribution in [0.3, 0.4) is 0 Å². The summed E-state index contributed by atoms with van der Waals surface area (Å²) in [5.41, 5.74) is 2.30. The third-order valence-corrected chi connectivity index (χ3v) is 11.2. The molecule has 2 atom stereocenters. The zero-order valence-corrected chi connectivity index (χ0v) is 21.1. The molecule has 0 spiro atoms. The standard InChI is InChI=1S/C23H26N6O4S2/c1-3-16-13-27(34(30,31)17-8-9-17)14-19(16)22-26-25-21-12-24-23-20(29(21)22)10-11-28(23)35(32,33)18-6-4-15(2)5-7-18/h4-7,10-12,16-17,19H,3,8-9,13-14H2,1-2H3/t16-,19+/m1/s1. The topological polar surface area (TPSA) is 120 Å². The minimum Gasteiger partial charge on any atom is -0.274 e. The van der Waals surface area contributed by atoms with Crippen molar-refractivity contribution in [3.05, 3.63) is 54.1 Å². The first-order chi connectivity index (χ1) is 16.7. The molecule has 1 aliphatic heterocycles. The average molecular weight is 515 g/mol. The van der Waals surface area contributed by atoms with Crippen molar-refractivity contribution < 1.29 is 16.8 Å². The lowest BCUT2D eigenvalue weighted by molar-refractivity contribution is 0.449. The van der Waals surface area contributed by atoms with E-state index in [0.717, 1.165) is 24.8 Å². The Bertz CT molecular complexity index is 1650. The van der Waals surface area contributed by atoms with Crippen LogP contribution in [0.1, 0.15) is 43.5 Å². The van der Waals surface area contributed by atoms with Crippen LogP contribution in [-0.4, -0.2) is 63.0 Å². The van der Waals surface area contributed by atoms with E-state index in [4.69, 9.17) is 0 Å². The van der Waals surface area contributed by atoms with Crippen LogP contribution in [0.15, 0.2) is 47.6 Å². The second-order valence-electron chi connectivity index (χ2n) is 9.48. The number of aryl methyl sites for hydroxylation is 1. The predicted molar refractivity (Wildman–Crippen MR) is 130 cm³/mol. The van der Waals surface area contributed by atoms with E-state index in [1.165, 1.54) is 16.4 Å². The molecule has 1 saturated carbocycles. The van der Waals surface area contributed by atoms with E-state index in [1.807, 2.05) is 11.3 Å². The minimum atomic E-state index is -3.86. The highest BCUT2D eigenvalue weighted by Crippen LogP contribution is 2.40. The quantitative estimate of drug-likeness (QED) is 0.388. The summed E-state index contributed by atoms with van der Waals surface area (Å²) >= 11 is 0. The first-order valence-corrected chi connectivity index (χ1v) is 14.7. The molecule has 1 aromatic carbocycles. The highest BCUT2D eigenvalue weighted by Gasteiger charge is 2.46. The first kappa shape index (κ1) is 22.6. The smallest absolute Gasteiger partial charge is 0.269 e. The highest BCUT2D eigenvalue weighted by molar-refractivity contribution is 7.90. The third kappa shape index (κ3) is 3.49. The van der Waals surface area contributed by atoms with Crippen LogP contribution in [0.2, 0.25) is 0 Å². The zero-order valence-electron chi connectivity index (χ0n) is 19.4. The minimum absolute atomic E-state index is 0.0949. The number of nitrogens with zero attached hydrogens (tertiary/aromatic N) is 6. The lowest BCUT2D eigenvalue weighted by Crippen LogP contribution is -2.32. The molecule has 1 saturated heterocycles. The fourth-order valence-electron chi connectivity index (χ4n) is 5.03. The number of fused-ring (bicyclic) bond motifs is 3. The van der Waals surface area contributed by atoms with Gasteiger partial charge in [0, 0.05) is 25.2 Å². The Morgan fingerprint density at radius 1 is 1.00 bits per heavy atom. The molecule has 184 valence electrons. The molecule has 4 heterocycles. The average Bonchev–Trinajstić information content (AvgIpc) is 3.27. The lowest BCUT2D eigenvalue weighted by Gasteiger charge is -2.15. The number of benzene rings is 1. The summed E-state index contributed by atoms with van der Waals surface area (Å²) in [6, 6.07) is 8.38. The largest absolute Gasteiger partial charge is 0.274 e. The molecule has 0 N–H and O–H groups in total. The zero-order chi connectivity index (χ0) is 24.5. The monoisotopic (exact) mass is 514 g/mol. The SMILES string of the molecule is CC[C@@H]1CN(S(=O)(=O)C2CC2)C[C@@H]1c1nnc2cnc3c(ccn3S(=O)(=O)c3ccc(C)cc3)n12. The van der Waals surface area contributed by atoms with Gasteiger partial charge in [-0.15, -0.1) is 10.2 Å². The van der Waals surface area contributed by atoms with Crippen molar-refractivity contribution in [3.63, 3.8) is 0 Å². The van der Waals surface area contributed by atoms with Crippen LogP contribution in [-0.2, 0) is 20.0 Å². The Morgan fingerprint density at radius 2 is 1.74 bits per heavy atom. The van der Waals surface area contributed by atoms with E-state index < -0.39 is 20.0 Å². The molecule has 12 heteroatoms. The van der Waals surface area contributed by atoms with Gasteiger partial charge in [-0.1, -0.05) is 31.0 Å². The maximum absolute atomic E-state index is 13.4. The summed E-state index contributed by atoms with van der Waals surface area (Å²) < 4.78 is 57.2. The molecule has 0 radical (unpaired) electrons. The number of hydrogen-bond donors (Lipinski definition) is 0. The third-order valence-electron chi connectivity index (χ3n) is 7.21.